The predicted octanol–water partition coefficient (Wildman–Crippen LogP) is 2.95. The minimum Gasteiger partial charge on any atom is -0.379 e. The van der Waals surface area contributed by atoms with Crippen molar-refractivity contribution in [2.75, 3.05) is 16.0 Å². The number of anilines is 3. The first-order valence-electron chi connectivity index (χ1n) is 11.6. The Hall–Kier alpha value is -3.76. The van der Waals surface area contributed by atoms with Gasteiger partial charge in [0.2, 0.25) is 5.91 Å². The second kappa shape index (κ2) is 9.24. The Kier molecular flexibility index (Phi) is 5.99. The maximum absolute atomic E-state index is 14.0. The third-order valence-electron chi connectivity index (χ3n) is 6.14. The summed E-state index contributed by atoms with van der Waals surface area (Å²) in [7, 11) is 0. The number of nitrogens with zero attached hydrogens (tertiary/aromatic N) is 4. The molecule has 0 atom stereocenters. The number of hydrogen-bond donors (Lipinski definition) is 4. The molecule has 0 spiro atoms. The summed E-state index contributed by atoms with van der Waals surface area (Å²) in [5.74, 6) is -0.515. The van der Waals surface area contributed by atoms with Crippen LogP contribution in [0, 0.1) is 5.82 Å². The summed E-state index contributed by atoms with van der Waals surface area (Å²) >= 11 is 0. The van der Waals surface area contributed by atoms with E-state index in [1.807, 2.05) is 6.07 Å². The molecule has 2 fully saturated rings. The number of halogens is 1. The van der Waals surface area contributed by atoms with Crippen LogP contribution in [0.5, 0.6) is 0 Å². The molecule has 11 heteroatoms. The zero-order valence-corrected chi connectivity index (χ0v) is 18.8. The van der Waals surface area contributed by atoms with Gasteiger partial charge < -0.3 is 21.3 Å². The van der Waals surface area contributed by atoms with Gasteiger partial charge in [0.1, 0.15) is 5.82 Å². The van der Waals surface area contributed by atoms with Gasteiger partial charge in [0, 0.05) is 37.3 Å². The Labute approximate surface area is 195 Å². The number of nitrogens with one attached hydrogen (secondary N) is 4. The van der Waals surface area contributed by atoms with E-state index in [0.717, 1.165) is 50.4 Å². The third-order valence-corrected chi connectivity index (χ3v) is 6.14. The molecule has 2 saturated carbocycles. The van der Waals surface area contributed by atoms with Crippen LogP contribution in [0.4, 0.5) is 21.6 Å². The van der Waals surface area contributed by atoms with E-state index >= 15 is 0 Å². The molecule has 2 aliphatic carbocycles. The van der Waals surface area contributed by atoms with Gasteiger partial charge in [-0.3, -0.25) is 14.6 Å². The summed E-state index contributed by atoms with van der Waals surface area (Å²) in [6, 6.07) is 4.11. The number of fused-ring (bicyclic) bond motifs is 1. The lowest BCUT2D eigenvalue weighted by atomic mass is 9.91. The largest absolute Gasteiger partial charge is 0.379 e. The number of aromatic nitrogens is 4. The van der Waals surface area contributed by atoms with Crippen molar-refractivity contribution in [3.8, 4) is 0 Å². The van der Waals surface area contributed by atoms with Crippen molar-refractivity contribution in [2.24, 2.45) is 0 Å². The molecule has 0 saturated heterocycles. The molecule has 178 valence electrons. The molecular weight excluding hydrogens is 439 g/mol. The summed E-state index contributed by atoms with van der Waals surface area (Å²) in [6.45, 7) is 1.54. The number of carbonyl (C=O) groups is 2. The number of rotatable bonds is 7. The van der Waals surface area contributed by atoms with E-state index in [2.05, 4.69) is 36.3 Å². The van der Waals surface area contributed by atoms with E-state index in [0.29, 0.717) is 17.5 Å². The molecule has 3 aromatic heterocycles. The smallest absolute Gasteiger partial charge is 0.276 e. The van der Waals surface area contributed by atoms with Crippen LogP contribution in [-0.2, 0) is 4.79 Å². The van der Waals surface area contributed by atoms with E-state index < -0.39 is 11.7 Å². The van der Waals surface area contributed by atoms with Crippen LogP contribution in [0.15, 0.2) is 30.7 Å². The molecule has 4 N–H and O–H groups in total. The molecule has 2 amide bonds. The molecular formula is C23H27FN8O2. The van der Waals surface area contributed by atoms with E-state index in [-0.39, 0.29) is 29.4 Å². The average Bonchev–Trinajstić information content (AvgIpc) is 3.51. The quantitative estimate of drug-likeness (QED) is 0.422. The molecule has 3 heterocycles. The minimum atomic E-state index is -0.619. The minimum absolute atomic E-state index is 0.00289. The van der Waals surface area contributed by atoms with Crippen LogP contribution in [0.2, 0.25) is 0 Å². The molecule has 0 radical (unpaired) electrons. The lowest BCUT2D eigenvalue weighted by Crippen LogP contribution is -2.39. The van der Waals surface area contributed by atoms with Gasteiger partial charge >= 0.3 is 0 Å². The first-order valence-corrected chi connectivity index (χ1v) is 11.6. The highest BCUT2D eigenvalue weighted by Gasteiger charge is 2.26. The first-order chi connectivity index (χ1) is 16.5. The Morgan fingerprint density at radius 1 is 1.00 bits per heavy atom. The van der Waals surface area contributed by atoms with Crippen LogP contribution in [0.1, 0.15) is 55.9 Å². The summed E-state index contributed by atoms with van der Waals surface area (Å²) in [6.07, 6.45) is 9.64. The van der Waals surface area contributed by atoms with Crippen LogP contribution in [-0.4, -0.2) is 49.5 Å². The van der Waals surface area contributed by atoms with E-state index in [1.54, 1.807) is 6.92 Å². The monoisotopic (exact) mass is 466 g/mol. The van der Waals surface area contributed by atoms with Gasteiger partial charge in [-0.1, -0.05) is 0 Å². The van der Waals surface area contributed by atoms with Gasteiger partial charge in [0.15, 0.2) is 17.2 Å². The molecule has 3 aromatic rings. The molecule has 5 rings (SSSR count). The standard InChI is InChI=1S/C23H27FN8O2/c1-13(33)27-14-2-6-16(7-3-14)29-21-10-19(28-15-4-5-15)22-26-12-20(32(22)31-21)23(34)30-18-8-9-25-11-17(18)24/h8-12,14-16,28H,2-7H2,1H3,(H,27,33)(H,29,31)(H,25,30,34). The Balaban J connectivity index is 1.38. The fourth-order valence-electron chi connectivity index (χ4n) is 4.29. The van der Waals surface area contributed by atoms with Gasteiger partial charge in [-0.15, -0.1) is 5.10 Å². The summed E-state index contributed by atoms with van der Waals surface area (Å²) in [5.41, 5.74) is 1.56. The summed E-state index contributed by atoms with van der Waals surface area (Å²) in [4.78, 5) is 32.4. The molecule has 0 aromatic carbocycles. The fourth-order valence-corrected chi connectivity index (χ4v) is 4.29. The van der Waals surface area contributed by atoms with Crippen molar-refractivity contribution in [1.29, 1.82) is 0 Å². The predicted molar refractivity (Wildman–Crippen MR) is 125 cm³/mol. The highest BCUT2D eigenvalue weighted by Crippen LogP contribution is 2.30. The maximum Gasteiger partial charge on any atom is 0.276 e. The van der Waals surface area contributed by atoms with Crippen LogP contribution in [0.3, 0.4) is 0 Å². The first kappa shape index (κ1) is 22.1. The van der Waals surface area contributed by atoms with Crippen molar-refractivity contribution in [2.45, 2.75) is 63.6 Å². The number of imidazole rings is 1. The summed E-state index contributed by atoms with van der Waals surface area (Å²) in [5, 5.41) is 17.1. The second-order valence-electron chi connectivity index (χ2n) is 8.94. The van der Waals surface area contributed by atoms with E-state index in [4.69, 9.17) is 0 Å². The van der Waals surface area contributed by atoms with Crippen LogP contribution in [0.25, 0.3) is 5.65 Å². The second-order valence-corrected chi connectivity index (χ2v) is 8.94. The molecule has 34 heavy (non-hydrogen) atoms. The van der Waals surface area contributed by atoms with Crippen molar-refractivity contribution in [1.82, 2.24) is 24.9 Å². The topological polar surface area (TPSA) is 125 Å². The number of hydrogen-bond acceptors (Lipinski definition) is 7. The lowest BCUT2D eigenvalue weighted by molar-refractivity contribution is -0.119. The number of carbonyl (C=O) groups excluding carboxylic acids is 2. The summed E-state index contributed by atoms with van der Waals surface area (Å²) < 4.78 is 15.5. The molecule has 2 aliphatic rings. The fraction of sp³-hybridized carbons (Fsp3) is 0.435. The lowest BCUT2D eigenvalue weighted by Gasteiger charge is -2.29. The van der Waals surface area contributed by atoms with E-state index in [9.17, 15) is 14.0 Å². The van der Waals surface area contributed by atoms with E-state index in [1.165, 1.54) is 23.0 Å². The highest BCUT2D eigenvalue weighted by molar-refractivity contribution is 6.03. The van der Waals surface area contributed by atoms with Gasteiger partial charge in [-0.2, -0.15) is 0 Å². The van der Waals surface area contributed by atoms with Crippen molar-refractivity contribution in [3.05, 3.63) is 42.2 Å². The number of amides is 2. The van der Waals surface area contributed by atoms with Crippen molar-refractivity contribution < 1.29 is 14.0 Å². The third kappa shape index (κ3) is 4.92. The van der Waals surface area contributed by atoms with Gasteiger partial charge in [-0.25, -0.2) is 13.9 Å². The van der Waals surface area contributed by atoms with Gasteiger partial charge in [-0.05, 0) is 44.6 Å². The van der Waals surface area contributed by atoms with Crippen molar-refractivity contribution >= 4 is 34.7 Å². The Morgan fingerprint density at radius 2 is 1.71 bits per heavy atom. The van der Waals surface area contributed by atoms with Gasteiger partial charge in [0.25, 0.3) is 5.91 Å². The molecule has 10 nitrogen and oxygen atoms in total. The molecule has 0 aliphatic heterocycles. The Morgan fingerprint density at radius 3 is 2.41 bits per heavy atom. The Bertz CT molecular complexity index is 1220. The molecule has 0 unspecified atom stereocenters. The maximum atomic E-state index is 14.0. The zero-order valence-electron chi connectivity index (χ0n) is 18.8. The normalized spacial score (nSPS) is 20.1. The average molecular weight is 467 g/mol. The van der Waals surface area contributed by atoms with Gasteiger partial charge in [0.05, 0.1) is 23.8 Å². The van der Waals surface area contributed by atoms with Crippen LogP contribution >= 0.6 is 0 Å². The van der Waals surface area contributed by atoms with Crippen LogP contribution < -0.4 is 21.3 Å². The molecule has 0 bridgehead atoms. The SMILES string of the molecule is CC(=O)NC1CCC(Nc2cc(NC3CC3)c3ncc(C(=O)Nc4ccncc4F)n3n2)CC1. The zero-order chi connectivity index (χ0) is 23.7. The highest BCUT2D eigenvalue weighted by atomic mass is 19.1. The number of pyridine rings is 1. The van der Waals surface area contributed by atoms with Crippen molar-refractivity contribution in [3.63, 3.8) is 0 Å².